The molecule has 2 aromatic carbocycles. The fourth-order valence-electron chi connectivity index (χ4n) is 3.18. The molecular formula is C19H18N4O2. The van der Waals surface area contributed by atoms with Gasteiger partial charge in [0.05, 0.1) is 17.5 Å². The second-order valence-corrected chi connectivity index (χ2v) is 6.09. The van der Waals surface area contributed by atoms with E-state index in [2.05, 4.69) is 15.6 Å². The summed E-state index contributed by atoms with van der Waals surface area (Å²) in [7, 11) is 0. The molecule has 0 spiro atoms. The minimum absolute atomic E-state index is 0.105. The van der Waals surface area contributed by atoms with Crippen LogP contribution in [0, 0.1) is 0 Å². The molecule has 1 aliphatic rings. The van der Waals surface area contributed by atoms with Crippen molar-refractivity contribution in [3.8, 4) is 0 Å². The summed E-state index contributed by atoms with van der Waals surface area (Å²) in [5.74, 6) is 0.182. The number of anilines is 1. The van der Waals surface area contributed by atoms with Gasteiger partial charge in [-0.05, 0) is 24.1 Å². The SMILES string of the molecule is O=C(C[C@@H]1C(=O)Nc2nc3ccccc3n21)NCCc1ccccc1. The van der Waals surface area contributed by atoms with E-state index in [1.807, 2.05) is 59.2 Å². The molecule has 6 nitrogen and oxygen atoms in total. The van der Waals surface area contributed by atoms with Gasteiger partial charge < -0.3 is 5.32 Å². The molecule has 0 aliphatic carbocycles. The first-order valence-corrected chi connectivity index (χ1v) is 8.31. The third-order valence-electron chi connectivity index (χ3n) is 4.40. The van der Waals surface area contributed by atoms with Gasteiger partial charge in [0.15, 0.2) is 0 Å². The van der Waals surface area contributed by atoms with Crippen LogP contribution in [-0.4, -0.2) is 27.9 Å². The topological polar surface area (TPSA) is 76.0 Å². The maximum absolute atomic E-state index is 12.3. The maximum atomic E-state index is 12.3. The largest absolute Gasteiger partial charge is 0.356 e. The Morgan fingerprint density at radius 2 is 1.88 bits per heavy atom. The fourth-order valence-corrected chi connectivity index (χ4v) is 3.18. The number of nitrogens with zero attached hydrogens (tertiary/aromatic N) is 2. The summed E-state index contributed by atoms with van der Waals surface area (Å²) in [6.45, 7) is 0.550. The molecule has 6 heteroatoms. The van der Waals surface area contributed by atoms with Gasteiger partial charge in [0.25, 0.3) is 0 Å². The highest BCUT2D eigenvalue weighted by atomic mass is 16.2. The van der Waals surface area contributed by atoms with Crippen LogP contribution in [0.2, 0.25) is 0 Å². The summed E-state index contributed by atoms with van der Waals surface area (Å²) in [6, 6.07) is 17.0. The number of aromatic nitrogens is 2. The Balaban J connectivity index is 1.43. The Bertz CT molecular complexity index is 933. The number of carbonyl (C=O) groups is 2. The molecule has 25 heavy (non-hydrogen) atoms. The Hall–Kier alpha value is -3.15. The highest BCUT2D eigenvalue weighted by Gasteiger charge is 2.34. The van der Waals surface area contributed by atoms with E-state index >= 15 is 0 Å². The minimum Gasteiger partial charge on any atom is -0.356 e. The van der Waals surface area contributed by atoms with Gasteiger partial charge in [0, 0.05) is 6.54 Å². The minimum atomic E-state index is -0.556. The summed E-state index contributed by atoms with van der Waals surface area (Å²) >= 11 is 0. The van der Waals surface area contributed by atoms with Gasteiger partial charge in [-0.25, -0.2) is 4.98 Å². The first-order valence-electron chi connectivity index (χ1n) is 8.31. The molecule has 2 heterocycles. The van der Waals surface area contributed by atoms with E-state index in [9.17, 15) is 9.59 Å². The second kappa shape index (κ2) is 6.39. The second-order valence-electron chi connectivity index (χ2n) is 6.09. The smallest absolute Gasteiger partial charge is 0.250 e. The Kier molecular flexibility index (Phi) is 3.93. The third-order valence-corrected chi connectivity index (χ3v) is 4.40. The van der Waals surface area contributed by atoms with Crippen LogP contribution in [0.25, 0.3) is 11.0 Å². The van der Waals surface area contributed by atoms with E-state index < -0.39 is 6.04 Å². The van der Waals surface area contributed by atoms with Gasteiger partial charge in [-0.1, -0.05) is 42.5 Å². The maximum Gasteiger partial charge on any atom is 0.250 e. The van der Waals surface area contributed by atoms with Gasteiger partial charge in [0.2, 0.25) is 17.8 Å². The van der Waals surface area contributed by atoms with Crippen molar-refractivity contribution in [2.24, 2.45) is 0 Å². The van der Waals surface area contributed by atoms with E-state index in [0.717, 1.165) is 17.5 Å². The van der Waals surface area contributed by atoms with Crippen molar-refractivity contribution in [2.45, 2.75) is 18.9 Å². The van der Waals surface area contributed by atoms with Crippen molar-refractivity contribution >= 4 is 28.8 Å². The summed E-state index contributed by atoms with van der Waals surface area (Å²) in [5.41, 5.74) is 2.84. The quantitative estimate of drug-likeness (QED) is 0.751. The van der Waals surface area contributed by atoms with E-state index in [1.54, 1.807) is 0 Å². The lowest BCUT2D eigenvalue weighted by molar-refractivity contribution is -0.126. The number of fused-ring (bicyclic) bond motifs is 3. The van der Waals surface area contributed by atoms with E-state index in [0.29, 0.717) is 12.5 Å². The lowest BCUT2D eigenvalue weighted by Gasteiger charge is -2.12. The predicted molar refractivity (Wildman–Crippen MR) is 95.2 cm³/mol. The zero-order valence-corrected chi connectivity index (χ0v) is 13.6. The average Bonchev–Trinajstić information content (AvgIpc) is 3.12. The molecule has 3 aromatic rings. The molecule has 0 bridgehead atoms. The van der Waals surface area contributed by atoms with Crippen LogP contribution in [-0.2, 0) is 16.0 Å². The highest BCUT2D eigenvalue weighted by molar-refractivity contribution is 6.01. The molecule has 0 saturated carbocycles. The lowest BCUT2D eigenvalue weighted by atomic mass is 10.1. The Labute approximate surface area is 144 Å². The van der Waals surface area contributed by atoms with Crippen LogP contribution in [0.1, 0.15) is 18.0 Å². The molecule has 1 aliphatic heterocycles. The molecule has 126 valence electrons. The summed E-state index contributed by atoms with van der Waals surface area (Å²) in [5, 5.41) is 5.65. The van der Waals surface area contributed by atoms with Gasteiger partial charge >= 0.3 is 0 Å². The van der Waals surface area contributed by atoms with Crippen LogP contribution in [0.3, 0.4) is 0 Å². The van der Waals surface area contributed by atoms with Crippen LogP contribution < -0.4 is 10.6 Å². The van der Waals surface area contributed by atoms with Crippen molar-refractivity contribution < 1.29 is 9.59 Å². The Morgan fingerprint density at radius 3 is 2.72 bits per heavy atom. The molecular weight excluding hydrogens is 316 g/mol. The standard InChI is InChI=1S/C19H18N4O2/c24-17(20-11-10-13-6-2-1-3-7-13)12-16-18(25)22-19-21-14-8-4-5-9-15(14)23(16)19/h1-9,16H,10-12H2,(H,20,24)(H,21,22,25)/t16-/m1/s1. The molecule has 2 N–H and O–H groups in total. The zero-order chi connectivity index (χ0) is 17.2. The van der Waals surface area contributed by atoms with E-state index in [1.165, 1.54) is 5.56 Å². The molecule has 0 radical (unpaired) electrons. The van der Waals surface area contributed by atoms with Crippen molar-refractivity contribution in [1.29, 1.82) is 0 Å². The summed E-state index contributed by atoms with van der Waals surface area (Å²) in [6.07, 6.45) is 0.872. The van der Waals surface area contributed by atoms with Gasteiger partial charge in [-0.3, -0.25) is 19.5 Å². The number of para-hydroxylation sites is 2. The van der Waals surface area contributed by atoms with E-state index in [-0.39, 0.29) is 18.2 Å². The van der Waals surface area contributed by atoms with Crippen molar-refractivity contribution in [1.82, 2.24) is 14.9 Å². The molecule has 1 atom stereocenters. The summed E-state index contributed by atoms with van der Waals surface area (Å²) in [4.78, 5) is 28.9. The molecule has 0 unspecified atom stereocenters. The number of imidazole rings is 1. The van der Waals surface area contributed by atoms with Crippen molar-refractivity contribution in [3.05, 3.63) is 60.2 Å². The average molecular weight is 334 g/mol. The molecule has 0 fully saturated rings. The molecule has 4 rings (SSSR count). The zero-order valence-electron chi connectivity index (χ0n) is 13.6. The number of nitrogens with one attached hydrogen (secondary N) is 2. The Morgan fingerprint density at radius 1 is 1.12 bits per heavy atom. The fraction of sp³-hybridized carbons (Fsp3) is 0.211. The normalized spacial score (nSPS) is 15.8. The van der Waals surface area contributed by atoms with Crippen LogP contribution in [0.15, 0.2) is 54.6 Å². The number of rotatable bonds is 5. The first kappa shape index (κ1) is 15.4. The van der Waals surface area contributed by atoms with Gasteiger partial charge in [-0.2, -0.15) is 0 Å². The van der Waals surface area contributed by atoms with Crippen LogP contribution in [0.5, 0.6) is 0 Å². The number of carbonyl (C=O) groups excluding carboxylic acids is 2. The molecule has 1 aromatic heterocycles. The van der Waals surface area contributed by atoms with Gasteiger partial charge in [-0.15, -0.1) is 0 Å². The van der Waals surface area contributed by atoms with Crippen LogP contribution in [0.4, 0.5) is 5.95 Å². The highest BCUT2D eigenvalue weighted by Crippen LogP contribution is 2.31. The van der Waals surface area contributed by atoms with Crippen LogP contribution >= 0.6 is 0 Å². The first-order chi connectivity index (χ1) is 12.2. The number of benzene rings is 2. The van der Waals surface area contributed by atoms with Crippen molar-refractivity contribution in [3.63, 3.8) is 0 Å². The van der Waals surface area contributed by atoms with Crippen molar-refractivity contribution in [2.75, 3.05) is 11.9 Å². The predicted octanol–water partition coefficient (Wildman–Crippen LogP) is 2.28. The summed E-state index contributed by atoms with van der Waals surface area (Å²) < 4.78 is 1.81. The number of hydrogen-bond donors (Lipinski definition) is 2. The molecule has 0 saturated heterocycles. The number of amides is 2. The third kappa shape index (κ3) is 2.98. The van der Waals surface area contributed by atoms with E-state index in [4.69, 9.17) is 0 Å². The molecule has 2 amide bonds. The van der Waals surface area contributed by atoms with Gasteiger partial charge in [0.1, 0.15) is 6.04 Å². The number of hydrogen-bond acceptors (Lipinski definition) is 3. The lowest BCUT2D eigenvalue weighted by Crippen LogP contribution is -2.30. The monoisotopic (exact) mass is 334 g/mol.